The van der Waals surface area contributed by atoms with E-state index in [-0.39, 0.29) is 11.8 Å². The Labute approximate surface area is 106 Å². The molecular weight excluding hydrogens is 228 g/mol. The molecule has 2 rings (SSSR count). The molecule has 1 aromatic carbocycles. The molecule has 4 heteroatoms. The van der Waals surface area contributed by atoms with Gasteiger partial charge in [0.2, 0.25) is 5.91 Å². The van der Waals surface area contributed by atoms with Crippen molar-refractivity contribution in [3.8, 4) is 0 Å². The number of amides is 2. The van der Waals surface area contributed by atoms with Crippen LogP contribution in [-0.4, -0.2) is 29.8 Å². The van der Waals surface area contributed by atoms with Gasteiger partial charge in [0.05, 0.1) is 11.3 Å². The van der Waals surface area contributed by atoms with Crippen LogP contribution in [0.15, 0.2) is 36.9 Å². The van der Waals surface area contributed by atoms with E-state index in [0.29, 0.717) is 11.3 Å². The first kappa shape index (κ1) is 12.4. The standard InChI is InChI=1S/C14H16N2O2/c1-2-13(17)15-12-8-4-3-7-11(12)14(18)16-9-5-6-10-16/h2-4,7-8H,1,5-6,9-10H2,(H,15,17). The van der Waals surface area contributed by atoms with E-state index in [9.17, 15) is 9.59 Å². The minimum Gasteiger partial charge on any atom is -0.339 e. The van der Waals surface area contributed by atoms with Gasteiger partial charge in [-0.15, -0.1) is 0 Å². The van der Waals surface area contributed by atoms with Gasteiger partial charge >= 0.3 is 0 Å². The van der Waals surface area contributed by atoms with Crippen molar-refractivity contribution in [2.45, 2.75) is 12.8 Å². The third-order valence-corrected chi connectivity index (χ3v) is 2.99. The Hall–Kier alpha value is -2.10. The van der Waals surface area contributed by atoms with Crippen molar-refractivity contribution in [3.63, 3.8) is 0 Å². The lowest BCUT2D eigenvalue weighted by Gasteiger charge is -2.17. The van der Waals surface area contributed by atoms with Gasteiger partial charge in [-0.1, -0.05) is 18.7 Å². The summed E-state index contributed by atoms with van der Waals surface area (Å²) in [4.78, 5) is 25.4. The second-order valence-corrected chi connectivity index (χ2v) is 4.24. The number of rotatable bonds is 3. The maximum absolute atomic E-state index is 12.3. The van der Waals surface area contributed by atoms with Crippen LogP contribution < -0.4 is 5.32 Å². The summed E-state index contributed by atoms with van der Waals surface area (Å²) in [6.07, 6.45) is 3.29. The zero-order chi connectivity index (χ0) is 13.0. The Morgan fingerprint density at radius 1 is 1.22 bits per heavy atom. The summed E-state index contributed by atoms with van der Waals surface area (Å²) >= 11 is 0. The minimum atomic E-state index is -0.309. The predicted octanol–water partition coefficient (Wildman–Crippen LogP) is 2.05. The Bertz CT molecular complexity index is 476. The van der Waals surface area contributed by atoms with Crippen molar-refractivity contribution in [1.29, 1.82) is 0 Å². The summed E-state index contributed by atoms with van der Waals surface area (Å²) in [5, 5.41) is 2.66. The number of hydrogen-bond donors (Lipinski definition) is 1. The van der Waals surface area contributed by atoms with Gasteiger partial charge in [-0.3, -0.25) is 9.59 Å². The number of para-hydroxylation sites is 1. The molecular formula is C14H16N2O2. The summed E-state index contributed by atoms with van der Waals surface area (Å²) in [7, 11) is 0. The van der Waals surface area contributed by atoms with Gasteiger partial charge in [0.1, 0.15) is 0 Å². The molecule has 0 spiro atoms. The number of hydrogen-bond acceptors (Lipinski definition) is 2. The Morgan fingerprint density at radius 3 is 2.56 bits per heavy atom. The molecule has 0 saturated carbocycles. The highest BCUT2D eigenvalue weighted by Gasteiger charge is 2.21. The molecule has 1 aliphatic rings. The number of nitrogens with zero attached hydrogens (tertiary/aromatic N) is 1. The SMILES string of the molecule is C=CC(=O)Nc1ccccc1C(=O)N1CCCC1. The van der Waals surface area contributed by atoms with E-state index in [1.54, 1.807) is 24.3 Å². The molecule has 94 valence electrons. The minimum absolute atomic E-state index is 0.0209. The first-order valence-electron chi connectivity index (χ1n) is 6.04. The van der Waals surface area contributed by atoms with Crippen LogP contribution in [0.3, 0.4) is 0 Å². The third kappa shape index (κ3) is 2.59. The van der Waals surface area contributed by atoms with Crippen LogP contribution in [0.5, 0.6) is 0 Å². The Kier molecular flexibility index (Phi) is 3.77. The number of anilines is 1. The van der Waals surface area contributed by atoms with Gasteiger partial charge in [-0.05, 0) is 31.1 Å². The molecule has 0 aliphatic carbocycles. The molecule has 0 unspecified atom stereocenters. The van der Waals surface area contributed by atoms with Crippen LogP contribution in [-0.2, 0) is 4.79 Å². The Morgan fingerprint density at radius 2 is 1.89 bits per heavy atom. The van der Waals surface area contributed by atoms with Crippen molar-refractivity contribution in [1.82, 2.24) is 4.90 Å². The van der Waals surface area contributed by atoms with Gasteiger partial charge in [-0.2, -0.15) is 0 Å². The highest BCUT2D eigenvalue weighted by molar-refractivity contribution is 6.06. The first-order valence-corrected chi connectivity index (χ1v) is 6.04. The first-order chi connectivity index (χ1) is 8.72. The van der Waals surface area contributed by atoms with Crippen molar-refractivity contribution >= 4 is 17.5 Å². The fraction of sp³-hybridized carbons (Fsp3) is 0.286. The maximum atomic E-state index is 12.3. The van der Waals surface area contributed by atoms with Crippen molar-refractivity contribution in [2.75, 3.05) is 18.4 Å². The topological polar surface area (TPSA) is 49.4 Å². The van der Waals surface area contributed by atoms with E-state index in [1.165, 1.54) is 6.08 Å². The van der Waals surface area contributed by atoms with Gasteiger partial charge < -0.3 is 10.2 Å². The van der Waals surface area contributed by atoms with Crippen molar-refractivity contribution in [3.05, 3.63) is 42.5 Å². The van der Waals surface area contributed by atoms with Crippen LogP contribution >= 0.6 is 0 Å². The molecule has 1 aliphatic heterocycles. The molecule has 1 N–H and O–H groups in total. The van der Waals surface area contributed by atoms with Crippen molar-refractivity contribution in [2.24, 2.45) is 0 Å². The molecule has 2 amide bonds. The lowest BCUT2D eigenvalue weighted by Crippen LogP contribution is -2.28. The van der Waals surface area contributed by atoms with E-state index in [2.05, 4.69) is 11.9 Å². The molecule has 0 bridgehead atoms. The van der Waals surface area contributed by atoms with Crippen LogP contribution in [0.25, 0.3) is 0 Å². The highest BCUT2D eigenvalue weighted by Crippen LogP contribution is 2.20. The zero-order valence-electron chi connectivity index (χ0n) is 10.2. The summed E-state index contributed by atoms with van der Waals surface area (Å²) in [6, 6.07) is 7.05. The monoisotopic (exact) mass is 244 g/mol. The quantitative estimate of drug-likeness (QED) is 0.827. The van der Waals surface area contributed by atoms with Crippen molar-refractivity contribution < 1.29 is 9.59 Å². The van der Waals surface area contributed by atoms with E-state index >= 15 is 0 Å². The molecule has 4 nitrogen and oxygen atoms in total. The largest absolute Gasteiger partial charge is 0.339 e. The van der Waals surface area contributed by atoms with E-state index in [1.807, 2.05) is 4.90 Å². The van der Waals surface area contributed by atoms with E-state index < -0.39 is 0 Å². The van der Waals surface area contributed by atoms with E-state index in [4.69, 9.17) is 0 Å². The zero-order valence-corrected chi connectivity index (χ0v) is 10.2. The average molecular weight is 244 g/mol. The lowest BCUT2D eigenvalue weighted by molar-refractivity contribution is -0.111. The molecule has 0 aromatic heterocycles. The second-order valence-electron chi connectivity index (χ2n) is 4.24. The number of carbonyl (C=O) groups excluding carboxylic acids is 2. The summed E-state index contributed by atoms with van der Waals surface area (Å²) in [6.45, 7) is 4.99. The smallest absolute Gasteiger partial charge is 0.255 e. The molecule has 1 saturated heterocycles. The second kappa shape index (κ2) is 5.49. The average Bonchev–Trinajstić information content (AvgIpc) is 2.92. The van der Waals surface area contributed by atoms with Crippen LogP contribution in [0.2, 0.25) is 0 Å². The normalized spacial score (nSPS) is 14.3. The van der Waals surface area contributed by atoms with Gasteiger partial charge in [0, 0.05) is 13.1 Å². The Balaban J connectivity index is 2.23. The number of carbonyl (C=O) groups is 2. The molecule has 0 radical (unpaired) electrons. The summed E-state index contributed by atoms with van der Waals surface area (Å²) in [5.74, 6) is -0.330. The van der Waals surface area contributed by atoms with Gasteiger partial charge in [-0.25, -0.2) is 0 Å². The molecule has 18 heavy (non-hydrogen) atoms. The summed E-state index contributed by atoms with van der Waals surface area (Å²) < 4.78 is 0. The fourth-order valence-electron chi connectivity index (χ4n) is 2.05. The molecule has 1 heterocycles. The maximum Gasteiger partial charge on any atom is 0.255 e. The van der Waals surface area contributed by atoms with E-state index in [0.717, 1.165) is 25.9 Å². The molecule has 0 atom stereocenters. The van der Waals surface area contributed by atoms with Crippen LogP contribution in [0.1, 0.15) is 23.2 Å². The highest BCUT2D eigenvalue weighted by atomic mass is 16.2. The summed E-state index contributed by atoms with van der Waals surface area (Å²) in [5.41, 5.74) is 1.08. The van der Waals surface area contributed by atoms with Crippen LogP contribution in [0, 0.1) is 0 Å². The third-order valence-electron chi connectivity index (χ3n) is 2.99. The number of benzene rings is 1. The number of nitrogens with one attached hydrogen (secondary N) is 1. The van der Waals surface area contributed by atoms with Gasteiger partial charge in [0.25, 0.3) is 5.91 Å². The fourth-order valence-corrected chi connectivity index (χ4v) is 2.05. The number of likely N-dealkylation sites (tertiary alicyclic amines) is 1. The van der Waals surface area contributed by atoms with Crippen LogP contribution in [0.4, 0.5) is 5.69 Å². The molecule has 1 fully saturated rings. The molecule has 1 aromatic rings. The lowest BCUT2D eigenvalue weighted by atomic mass is 10.1. The predicted molar refractivity (Wildman–Crippen MR) is 70.4 cm³/mol. The van der Waals surface area contributed by atoms with Gasteiger partial charge in [0.15, 0.2) is 0 Å².